The molecule has 4 atom stereocenters. The summed E-state index contributed by atoms with van der Waals surface area (Å²) in [6.45, 7) is 6.94. The highest BCUT2D eigenvalue weighted by Crippen LogP contribution is 2.58. The van der Waals surface area contributed by atoms with Gasteiger partial charge in [0.1, 0.15) is 11.7 Å². The Hall–Kier alpha value is -3.02. The largest absolute Gasteiger partial charge is 0.444 e. The number of ether oxygens (including phenoxy) is 2. The summed E-state index contributed by atoms with van der Waals surface area (Å²) in [6, 6.07) is 20.8. The van der Waals surface area contributed by atoms with E-state index in [-0.39, 0.29) is 29.7 Å². The number of amides is 2. The first-order chi connectivity index (χ1) is 17.2. The van der Waals surface area contributed by atoms with Crippen LogP contribution in [0.1, 0.15) is 75.8 Å². The molecule has 2 aromatic rings. The smallest absolute Gasteiger partial charge is 0.410 e. The van der Waals surface area contributed by atoms with Gasteiger partial charge in [0, 0.05) is 36.9 Å². The Kier molecular flexibility index (Phi) is 5.36. The van der Waals surface area contributed by atoms with Crippen molar-refractivity contribution in [2.75, 3.05) is 13.1 Å². The molecule has 36 heavy (non-hydrogen) atoms. The van der Waals surface area contributed by atoms with E-state index in [9.17, 15) is 9.59 Å². The van der Waals surface area contributed by atoms with Gasteiger partial charge in [-0.25, -0.2) is 9.59 Å². The molecular formula is C30H36N2O4. The number of nitrogens with zero attached hydrogens (tertiary/aromatic N) is 2. The van der Waals surface area contributed by atoms with Gasteiger partial charge in [0.25, 0.3) is 0 Å². The van der Waals surface area contributed by atoms with E-state index in [4.69, 9.17) is 9.47 Å². The lowest BCUT2D eigenvalue weighted by atomic mass is 9.95. The van der Waals surface area contributed by atoms with Crippen molar-refractivity contribution < 1.29 is 19.1 Å². The van der Waals surface area contributed by atoms with E-state index >= 15 is 0 Å². The van der Waals surface area contributed by atoms with Crippen LogP contribution in [-0.2, 0) is 9.47 Å². The third-order valence-electron chi connectivity index (χ3n) is 8.57. The molecule has 6 nitrogen and oxygen atoms in total. The van der Waals surface area contributed by atoms with Gasteiger partial charge >= 0.3 is 12.2 Å². The molecule has 2 aromatic carbocycles. The lowest BCUT2D eigenvalue weighted by molar-refractivity contribution is 0.0118. The van der Waals surface area contributed by atoms with E-state index in [0.717, 1.165) is 25.7 Å². The van der Waals surface area contributed by atoms with Crippen LogP contribution in [0.3, 0.4) is 0 Å². The minimum Gasteiger partial charge on any atom is -0.444 e. The van der Waals surface area contributed by atoms with Crippen molar-refractivity contribution in [2.45, 2.75) is 87.5 Å². The molecule has 0 radical (unpaired) electrons. The molecule has 6 heteroatoms. The second-order valence-electron chi connectivity index (χ2n) is 12.2. The van der Waals surface area contributed by atoms with Crippen LogP contribution in [-0.4, -0.2) is 57.9 Å². The first-order valence-electron chi connectivity index (χ1n) is 13.3. The Morgan fingerprint density at radius 2 is 1.33 bits per heavy atom. The summed E-state index contributed by atoms with van der Waals surface area (Å²) in [5.74, 6) is 0.549. The summed E-state index contributed by atoms with van der Waals surface area (Å²) in [6.07, 6.45) is 3.71. The van der Waals surface area contributed by atoms with Crippen LogP contribution in [0.4, 0.5) is 9.59 Å². The number of carbonyl (C=O) groups is 2. The lowest BCUT2D eigenvalue weighted by Gasteiger charge is -2.29. The van der Waals surface area contributed by atoms with Crippen molar-refractivity contribution in [2.24, 2.45) is 0 Å². The lowest BCUT2D eigenvalue weighted by Crippen LogP contribution is -2.44. The Bertz CT molecular complexity index is 1140. The first-order valence-corrected chi connectivity index (χ1v) is 13.3. The quantitative estimate of drug-likeness (QED) is 0.525. The summed E-state index contributed by atoms with van der Waals surface area (Å²) in [7, 11) is 0. The van der Waals surface area contributed by atoms with Crippen molar-refractivity contribution in [3.05, 3.63) is 71.8 Å². The van der Waals surface area contributed by atoms with Gasteiger partial charge in [-0.2, -0.15) is 0 Å². The zero-order valence-corrected chi connectivity index (χ0v) is 21.5. The average Bonchev–Trinajstić information content (AvgIpc) is 3.65. The van der Waals surface area contributed by atoms with E-state index < -0.39 is 11.1 Å². The van der Waals surface area contributed by atoms with Crippen LogP contribution in [0.15, 0.2) is 60.7 Å². The van der Waals surface area contributed by atoms with Crippen molar-refractivity contribution in [1.82, 2.24) is 9.80 Å². The van der Waals surface area contributed by atoms with Gasteiger partial charge in [-0.3, -0.25) is 4.90 Å². The van der Waals surface area contributed by atoms with Crippen LogP contribution >= 0.6 is 0 Å². The molecule has 0 bridgehead atoms. The molecule has 2 heterocycles. The van der Waals surface area contributed by atoms with E-state index in [1.165, 1.54) is 11.1 Å². The molecule has 3 unspecified atom stereocenters. The van der Waals surface area contributed by atoms with Crippen molar-refractivity contribution in [3.8, 4) is 0 Å². The van der Waals surface area contributed by atoms with Crippen LogP contribution in [0.2, 0.25) is 0 Å². The highest BCUT2D eigenvalue weighted by molar-refractivity contribution is 5.73. The minimum absolute atomic E-state index is 0.0489. The molecular weight excluding hydrogens is 452 g/mol. The van der Waals surface area contributed by atoms with E-state index in [1.54, 1.807) is 0 Å². The fourth-order valence-electron chi connectivity index (χ4n) is 6.51. The summed E-state index contributed by atoms with van der Waals surface area (Å²) in [4.78, 5) is 30.6. The molecule has 2 amide bonds. The third kappa shape index (κ3) is 4.14. The van der Waals surface area contributed by atoms with Crippen molar-refractivity contribution >= 4 is 12.2 Å². The molecule has 2 saturated heterocycles. The minimum atomic E-state index is -0.579. The maximum atomic E-state index is 13.5. The van der Waals surface area contributed by atoms with E-state index in [2.05, 4.69) is 36.4 Å². The third-order valence-corrected chi connectivity index (χ3v) is 8.57. The molecule has 6 rings (SSSR count). The SMILES string of the molecule is CC(C)(C)OC(=O)N1C[C@H](c2ccccc2)CC12CC2OC(=O)N1CC(c2ccccc2)CC12CC2. The molecule has 2 aliphatic carbocycles. The number of carbonyl (C=O) groups excluding carboxylic acids is 2. The summed E-state index contributed by atoms with van der Waals surface area (Å²) < 4.78 is 12.0. The molecule has 4 fully saturated rings. The van der Waals surface area contributed by atoms with Gasteiger partial charge in [-0.1, -0.05) is 60.7 Å². The van der Waals surface area contributed by atoms with E-state index in [0.29, 0.717) is 25.4 Å². The van der Waals surface area contributed by atoms with Crippen molar-refractivity contribution in [1.29, 1.82) is 0 Å². The monoisotopic (exact) mass is 488 g/mol. The number of hydrogen-bond acceptors (Lipinski definition) is 4. The Morgan fingerprint density at radius 1 is 0.778 bits per heavy atom. The molecule has 4 aliphatic rings. The summed E-state index contributed by atoms with van der Waals surface area (Å²) >= 11 is 0. The fourth-order valence-corrected chi connectivity index (χ4v) is 6.51. The second-order valence-corrected chi connectivity index (χ2v) is 12.2. The molecule has 190 valence electrons. The van der Waals surface area contributed by atoms with Gasteiger partial charge in [0.15, 0.2) is 0 Å². The number of rotatable bonds is 3. The summed E-state index contributed by atoms with van der Waals surface area (Å²) in [5, 5.41) is 0. The first kappa shape index (κ1) is 23.4. The standard InChI is InChI=1S/C30H36N2O4/c1-28(2,3)36-27(34)32-20-24(22-12-8-5-9-13-22)17-30(32)18-25(30)35-26(33)31-19-23(16-29(31)14-15-29)21-10-6-4-7-11-21/h4-13,23-25H,14-20H2,1-3H3/t23?,24-,25?,30?/m1/s1. The van der Waals surface area contributed by atoms with Crippen LogP contribution in [0.5, 0.6) is 0 Å². The Balaban J connectivity index is 1.18. The van der Waals surface area contributed by atoms with Crippen LogP contribution < -0.4 is 0 Å². The van der Waals surface area contributed by atoms with Crippen LogP contribution in [0.25, 0.3) is 0 Å². The van der Waals surface area contributed by atoms with Gasteiger partial charge in [-0.15, -0.1) is 0 Å². The highest BCUT2D eigenvalue weighted by Gasteiger charge is 2.68. The Labute approximate surface area is 213 Å². The second kappa shape index (κ2) is 8.25. The van der Waals surface area contributed by atoms with Gasteiger partial charge in [0.05, 0.1) is 5.54 Å². The molecule has 2 saturated carbocycles. The molecule has 2 aliphatic heterocycles. The zero-order valence-electron chi connectivity index (χ0n) is 21.5. The fraction of sp³-hybridized carbons (Fsp3) is 0.533. The van der Waals surface area contributed by atoms with Crippen molar-refractivity contribution in [3.63, 3.8) is 0 Å². The van der Waals surface area contributed by atoms with Gasteiger partial charge in [-0.05, 0) is 57.6 Å². The molecule has 0 aromatic heterocycles. The predicted octanol–water partition coefficient (Wildman–Crippen LogP) is 6.08. The molecule has 0 N–H and O–H groups in total. The van der Waals surface area contributed by atoms with Gasteiger partial charge < -0.3 is 14.4 Å². The number of hydrogen-bond donors (Lipinski definition) is 0. The number of benzene rings is 2. The highest BCUT2D eigenvalue weighted by atomic mass is 16.6. The summed E-state index contributed by atoms with van der Waals surface area (Å²) in [5.41, 5.74) is 1.40. The topological polar surface area (TPSA) is 59.1 Å². The Morgan fingerprint density at radius 3 is 1.89 bits per heavy atom. The zero-order chi connectivity index (χ0) is 25.1. The molecule has 2 spiro atoms. The maximum absolute atomic E-state index is 13.5. The van der Waals surface area contributed by atoms with Crippen LogP contribution in [0, 0.1) is 0 Å². The predicted molar refractivity (Wildman–Crippen MR) is 137 cm³/mol. The normalized spacial score (nSPS) is 30.0. The maximum Gasteiger partial charge on any atom is 0.410 e. The number of likely N-dealkylation sites (tertiary alicyclic amines) is 2. The average molecular weight is 489 g/mol. The van der Waals surface area contributed by atoms with E-state index in [1.807, 2.05) is 54.8 Å². The van der Waals surface area contributed by atoms with Gasteiger partial charge in [0.2, 0.25) is 0 Å².